The lowest BCUT2D eigenvalue weighted by atomic mass is 10.2. The summed E-state index contributed by atoms with van der Waals surface area (Å²) in [5, 5.41) is 17.9. The van der Waals surface area contributed by atoms with Crippen LogP contribution < -0.4 is 22.9 Å². The Bertz CT molecular complexity index is 821. The zero-order valence-corrected chi connectivity index (χ0v) is 16.1. The van der Waals surface area contributed by atoms with Crippen molar-refractivity contribution in [2.24, 2.45) is 32.9 Å². The van der Waals surface area contributed by atoms with Gasteiger partial charge in [0, 0.05) is 0 Å². The summed E-state index contributed by atoms with van der Waals surface area (Å²) in [5.41, 5.74) is 22.5. The number of nitrogens with two attached hydrogens (primary N) is 4. The first-order valence-corrected chi connectivity index (χ1v) is 9.13. The van der Waals surface area contributed by atoms with Gasteiger partial charge in [0.2, 0.25) is 0 Å². The summed E-state index contributed by atoms with van der Waals surface area (Å²) in [6.45, 7) is 0.894. The van der Waals surface area contributed by atoms with Crippen LogP contribution in [0.4, 0.5) is 0 Å². The van der Waals surface area contributed by atoms with Crippen LogP contribution in [0, 0.1) is 0 Å². The Labute approximate surface area is 167 Å². The Morgan fingerprint density at radius 3 is 1.14 bits per heavy atom. The molecule has 0 amide bonds. The Morgan fingerprint density at radius 2 is 0.931 bits per heavy atom. The SMILES string of the molecule is NC(N)=NCc1ccc(O)cc1.NC(N)=NCc1ccc(O)cc1.O=S(=O)(O)O. The third kappa shape index (κ3) is 17.6. The molecule has 0 radical (unpaired) electrons. The maximum absolute atomic E-state index is 8.95. The molecule has 0 bridgehead atoms. The van der Waals surface area contributed by atoms with E-state index in [-0.39, 0.29) is 23.4 Å². The highest BCUT2D eigenvalue weighted by atomic mass is 32.3. The number of aromatic hydroxyl groups is 2. The summed E-state index contributed by atoms with van der Waals surface area (Å²) < 4.78 is 31.6. The van der Waals surface area contributed by atoms with E-state index in [2.05, 4.69) is 9.98 Å². The van der Waals surface area contributed by atoms with Gasteiger partial charge in [0.15, 0.2) is 11.9 Å². The summed E-state index contributed by atoms with van der Waals surface area (Å²) in [7, 11) is -4.67. The second-order valence-corrected chi connectivity index (χ2v) is 6.16. The number of hydrogen-bond acceptors (Lipinski definition) is 6. The van der Waals surface area contributed by atoms with Crippen LogP contribution in [0.1, 0.15) is 11.1 Å². The Kier molecular flexibility index (Phi) is 11.2. The molecule has 0 aliphatic heterocycles. The Morgan fingerprint density at radius 1 is 0.690 bits per heavy atom. The minimum absolute atomic E-state index is 0.0723. The standard InChI is InChI=1S/2C8H11N3O.H2O4S/c2*9-8(10)11-5-6-1-3-7(12)4-2-6;1-5(2,3)4/h2*1-4,12H,5H2,(H4,9,10,11);(H2,1,2,3,4). The van der Waals surface area contributed by atoms with E-state index >= 15 is 0 Å². The van der Waals surface area contributed by atoms with Crippen molar-refractivity contribution in [2.45, 2.75) is 13.1 Å². The summed E-state index contributed by atoms with van der Waals surface area (Å²) in [6.07, 6.45) is 0. The number of phenols is 2. The first kappa shape index (κ1) is 25.4. The van der Waals surface area contributed by atoms with Crippen molar-refractivity contribution in [3.8, 4) is 11.5 Å². The van der Waals surface area contributed by atoms with Crippen LogP contribution in [-0.4, -0.2) is 39.7 Å². The van der Waals surface area contributed by atoms with Crippen molar-refractivity contribution in [1.82, 2.24) is 0 Å². The highest BCUT2D eigenvalue weighted by molar-refractivity contribution is 7.79. The molecule has 2 rings (SSSR count). The lowest BCUT2D eigenvalue weighted by Crippen LogP contribution is -2.22. The van der Waals surface area contributed by atoms with Gasteiger partial charge in [0.05, 0.1) is 13.1 Å². The number of benzene rings is 2. The quantitative estimate of drug-likeness (QED) is 0.179. The van der Waals surface area contributed by atoms with Gasteiger partial charge in [-0.05, 0) is 35.4 Å². The molecule has 0 atom stereocenters. The molecule has 160 valence electrons. The number of rotatable bonds is 4. The third-order valence-electron chi connectivity index (χ3n) is 2.76. The van der Waals surface area contributed by atoms with Crippen LogP contribution in [0.5, 0.6) is 11.5 Å². The molecule has 0 aliphatic rings. The van der Waals surface area contributed by atoms with E-state index in [1.165, 1.54) is 0 Å². The number of nitrogens with zero attached hydrogens (tertiary/aromatic N) is 2. The third-order valence-corrected chi connectivity index (χ3v) is 2.76. The van der Waals surface area contributed by atoms with E-state index in [0.717, 1.165) is 11.1 Å². The molecule has 0 saturated carbocycles. The van der Waals surface area contributed by atoms with Crippen LogP contribution >= 0.6 is 0 Å². The lowest BCUT2D eigenvalue weighted by molar-refractivity contribution is 0.381. The van der Waals surface area contributed by atoms with Crippen LogP contribution in [0.25, 0.3) is 0 Å². The molecule has 0 heterocycles. The van der Waals surface area contributed by atoms with Crippen molar-refractivity contribution >= 4 is 22.3 Å². The fourth-order valence-electron chi connectivity index (χ4n) is 1.57. The fourth-order valence-corrected chi connectivity index (χ4v) is 1.57. The summed E-state index contributed by atoms with van der Waals surface area (Å²) in [5.74, 6) is 0.623. The van der Waals surface area contributed by atoms with Gasteiger partial charge in [0.25, 0.3) is 0 Å². The van der Waals surface area contributed by atoms with E-state index < -0.39 is 10.4 Å². The molecule has 2 aromatic rings. The van der Waals surface area contributed by atoms with Gasteiger partial charge in [-0.3, -0.25) is 9.11 Å². The molecule has 13 heteroatoms. The second-order valence-electron chi connectivity index (χ2n) is 5.26. The lowest BCUT2D eigenvalue weighted by Gasteiger charge is -1.96. The maximum atomic E-state index is 8.95. The average molecular weight is 428 g/mol. The summed E-state index contributed by atoms with van der Waals surface area (Å²) in [4.78, 5) is 7.63. The molecule has 0 unspecified atom stereocenters. The predicted molar refractivity (Wildman–Crippen MR) is 109 cm³/mol. The van der Waals surface area contributed by atoms with Gasteiger partial charge in [0.1, 0.15) is 11.5 Å². The summed E-state index contributed by atoms with van der Waals surface area (Å²) in [6, 6.07) is 13.4. The van der Waals surface area contributed by atoms with Gasteiger partial charge >= 0.3 is 10.4 Å². The van der Waals surface area contributed by atoms with E-state index in [4.69, 9.17) is 50.7 Å². The molecule has 0 spiro atoms. The van der Waals surface area contributed by atoms with Crippen molar-refractivity contribution in [1.29, 1.82) is 0 Å². The van der Waals surface area contributed by atoms with Crippen LogP contribution in [-0.2, 0) is 23.5 Å². The second kappa shape index (κ2) is 12.8. The van der Waals surface area contributed by atoms with Crippen LogP contribution in [0.2, 0.25) is 0 Å². The molecule has 0 saturated heterocycles. The molecule has 0 aliphatic carbocycles. The number of guanidine groups is 2. The van der Waals surface area contributed by atoms with Gasteiger partial charge in [-0.1, -0.05) is 24.3 Å². The van der Waals surface area contributed by atoms with E-state index in [1.54, 1.807) is 48.5 Å². The summed E-state index contributed by atoms with van der Waals surface area (Å²) >= 11 is 0. The van der Waals surface area contributed by atoms with Crippen molar-refractivity contribution in [2.75, 3.05) is 0 Å². The van der Waals surface area contributed by atoms with E-state index in [9.17, 15) is 0 Å². The fraction of sp³-hybridized carbons (Fsp3) is 0.125. The minimum atomic E-state index is -4.67. The number of aliphatic imine (C=N–C) groups is 2. The van der Waals surface area contributed by atoms with Crippen LogP contribution in [0.3, 0.4) is 0 Å². The smallest absolute Gasteiger partial charge is 0.394 e. The van der Waals surface area contributed by atoms with E-state index in [0.29, 0.717) is 13.1 Å². The predicted octanol–water partition coefficient (Wildman–Crippen LogP) is -0.322. The molecule has 0 aromatic heterocycles. The molecule has 12 nitrogen and oxygen atoms in total. The zero-order valence-electron chi connectivity index (χ0n) is 15.3. The van der Waals surface area contributed by atoms with Gasteiger partial charge in [-0.15, -0.1) is 0 Å². The largest absolute Gasteiger partial charge is 0.508 e. The monoisotopic (exact) mass is 428 g/mol. The topological polar surface area (TPSA) is 244 Å². The van der Waals surface area contributed by atoms with Gasteiger partial charge < -0.3 is 33.1 Å². The first-order valence-electron chi connectivity index (χ1n) is 7.73. The number of phenolic OH excluding ortho intramolecular Hbond substituents is 2. The maximum Gasteiger partial charge on any atom is 0.394 e. The highest BCUT2D eigenvalue weighted by Gasteiger charge is 1.91. The Balaban J connectivity index is 0.000000442. The molecule has 2 aromatic carbocycles. The van der Waals surface area contributed by atoms with E-state index in [1.807, 2.05) is 0 Å². The normalized spacial score (nSPS) is 9.72. The molecule has 29 heavy (non-hydrogen) atoms. The molecule has 0 fully saturated rings. The number of hydrogen-bond donors (Lipinski definition) is 8. The zero-order chi connectivity index (χ0) is 22.4. The Hall–Kier alpha value is -3.55. The van der Waals surface area contributed by atoms with Crippen molar-refractivity contribution in [3.05, 3.63) is 59.7 Å². The van der Waals surface area contributed by atoms with Gasteiger partial charge in [-0.2, -0.15) is 8.42 Å². The highest BCUT2D eigenvalue weighted by Crippen LogP contribution is 2.10. The van der Waals surface area contributed by atoms with Crippen LogP contribution in [0.15, 0.2) is 58.5 Å². The van der Waals surface area contributed by atoms with Crippen molar-refractivity contribution < 1.29 is 27.7 Å². The van der Waals surface area contributed by atoms with Gasteiger partial charge in [-0.25, -0.2) is 9.98 Å². The molecular weight excluding hydrogens is 404 g/mol. The molecule has 12 N–H and O–H groups in total. The molecular formula is C16H24N6O6S. The van der Waals surface area contributed by atoms with Crippen molar-refractivity contribution in [3.63, 3.8) is 0 Å². The average Bonchev–Trinajstić information content (AvgIpc) is 2.60. The first-order chi connectivity index (χ1) is 13.4. The minimum Gasteiger partial charge on any atom is -0.508 e.